The Morgan fingerprint density at radius 2 is 2.33 bits per heavy atom. The Bertz CT molecular complexity index is 636. The van der Waals surface area contributed by atoms with E-state index in [0.29, 0.717) is 18.2 Å². The first kappa shape index (κ1) is 14.1. The Morgan fingerprint density at radius 3 is 3.05 bits per heavy atom. The number of fused-ring (bicyclic) bond motifs is 1. The van der Waals surface area contributed by atoms with Crippen LogP contribution in [0.5, 0.6) is 0 Å². The first-order valence-corrected chi connectivity index (χ1v) is 8.04. The van der Waals surface area contributed by atoms with Crippen molar-refractivity contribution in [3.8, 4) is 0 Å². The zero-order valence-electron chi connectivity index (χ0n) is 12.2. The van der Waals surface area contributed by atoms with Crippen LogP contribution < -0.4 is 4.90 Å². The highest BCUT2D eigenvalue weighted by Crippen LogP contribution is 2.35. The predicted octanol–water partition coefficient (Wildman–Crippen LogP) is 3.44. The van der Waals surface area contributed by atoms with E-state index in [1.807, 2.05) is 17.4 Å². The monoisotopic (exact) mass is 302 g/mol. The second kappa shape index (κ2) is 5.85. The van der Waals surface area contributed by atoms with Crippen LogP contribution in [0.4, 0.5) is 5.82 Å². The van der Waals surface area contributed by atoms with Gasteiger partial charge in [-0.15, -0.1) is 11.3 Å². The van der Waals surface area contributed by atoms with Gasteiger partial charge < -0.3 is 9.64 Å². The molecule has 1 unspecified atom stereocenters. The van der Waals surface area contributed by atoms with E-state index >= 15 is 0 Å². The molecule has 0 bridgehead atoms. The summed E-state index contributed by atoms with van der Waals surface area (Å²) in [4.78, 5) is 19.8. The van der Waals surface area contributed by atoms with Crippen LogP contribution in [-0.4, -0.2) is 24.1 Å². The molecule has 1 aliphatic heterocycles. The summed E-state index contributed by atoms with van der Waals surface area (Å²) in [6.45, 7) is 5.34. The molecule has 0 saturated heterocycles. The summed E-state index contributed by atoms with van der Waals surface area (Å²) in [7, 11) is 0. The van der Waals surface area contributed by atoms with Crippen LogP contribution in [0.3, 0.4) is 0 Å². The van der Waals surface area contributed by atoms with Crippen molar-refractivity contribution in [3.63, 3.8) is 0 Å². The Morgan fingerprint density at radius 1 is 1.48 bits per heavy atom. The van der Waals surface area contributed by atoms with Crippen LogP contribution in [0.25, 0.3) is 0 Å². The van der Waals surface area contributed by atoms with Gasteiger partial charge in [-0.2, -0.15) is 0 Å². The number of hydrogen-bond donors (Lipinski definition) is 0. The lowest BCUT2D eigenvalue weighted by molar-refractivity contribution is 0.0526. The van der Waals surface area contributed by atoms with Crippen molar-refractivity contribution in [1.82, 2.24) is 4.98 Å². The van der Waals surface area contributed by atoms with E-state index in [4.69, 9.17) is 4.74 Å². The maximum Gasteiger partial charge on any atom is 0.339 e. The number of hydrogen-bond acceptors (Lipinski definition) is 5. The molecule has 3 heterocycles. The van der Waals surface area contributed by atoms with Crippen LogP contribution in [0.2, 0.25) is 0 Å². The van der Waals surface area contributed by atoms with Gasteiger partial charge in [0.2, 0.25) is 0 Å². The summed E-state index contributed by atoms with van der Waals surface area (Å²) in [5, 5.41) is 2.15. The fourth-order valence-corrected chi connectivity index (χ4v) is 3.68. The third-order valence-corrected chi connectivity index (χ3v) is 4.83. The minimum atomic E-state index is -0.316. The molecular formula is C16H18N2O2S. The SMILES string of the molecule is CCOC(=O)c1ccc(N2CCc3sccc3C2C)nc1. The van der Waals surface area contributed by atoms with Crippen molar-refractivity contribution < 1.29 is 9.53 Å². The third-order valence-electron chi connectivity index (χ3n) is 3.83. The normalized spacial score (nSPS) is 17.4. The number of anilines is 1. The van der Waals surface area contributed by atoms with Gasteiger partial charge in [-0.1, -0.05) is 0 Å². The van der Waals surface area contributed by atoms with Crippen molar-refractivity contribution in [3.05, 3.63) is 45.8 Å². The number of rotatable bonds is 3. The van der Waals surface area contributed by atoms with Crippen LogP contribution in [-0.2, 0) is 11.2 Å². The van der Waals surface area contributed by atoms with Crippen molar-refractivity contribution >= 4 is 23.1 Å². The molecule has 4 nitrogen and oxygen atoms in total. The van der Waals surface area contributed by atoms with Gasteiger partial charge in [0.1, 0.15) is 5.82 Å². The Kier molecular flexibility index (Phi) is 3.92. The zero-order chi connectivity index (χ0) is 14.8. The molecule has 0 radical (unpaired) electrons. The fourth-order valence-electron chi connectivity index (χ4n) is 2.71. The highest BCUT2D eigenvalue weighted by Gasteiger charge is 2.25. The summed E-state index contributed by atoms with van der Waals surface area (Å²) in [5.74, 6) is 0.593. The first-order valence-electron chi connectivity index (χ1n) is 7.16. The molecule has 110 valence electrons. The van der Waals surface area contributed by atoms with Gasteiger partial charge in [0.15, 0.2) is 0 Å². The van der Waals surface area contributed by atoms with Gasteiger partial charge in [0.25, 0.3) is 0 Å². The number of nitrogens with zero attached hydrogens (tertiary/aromatic N) is 2. The van der Waals surface area contributed by atoms with Gasteiger partial charge in [-0.05, 0) is 49.4 Å². The van der Waals surface area contributed by atoms with Crippen LogP contribution >= 0.6 is 11.3 Å². The maximum absolute atomic E-state index is 11.7. The minimum Gasteiger partial charge on any atom is -0.462 e. The summed E-state index contributed by atoms with van der Waals surface area (Å²) in [5.41, 5.74) is 1.89. The molecule has 0 fully saturated rings. The lowest BCUT2D eigenvalue weighted by Crippen LogP contribution is -2.33. The fraction of sp³-hybridized carbons (Fsp3) is 0.375. The molecule has 2 aromatic rings. The molecule has 0 aromatic carbocycles. The van der Waals surface area contributed by atoms with Crippen LogP contribution in [0.1, 0.15) is 40.7 Å². The highest BCUT2D eigenvalue weighted by atomic mass is 32.1. The minimum absolute atomic E-state index is 0.316. The molecule has 0 saturated carbocycles. The smallest absolute Gasteiger partial charge is 0.339 e. The van der Waals surface area contributed by atoms with Gasteiger partial charge in [0.05, 0.1) is 18.2 Å². The lowest BCUT2D eigenvalue weighted by Gasteiger charge is -2.34. The molecule has 0 amide bonds. The molecule has 0 N–H and O–H groups in total. The van der Waals surface area contributed by atoms with Crippen molar-refractivity contribution in [2.24, 2.45) is 0 Å². The van der Waals surface area contributed by atoms with Crippen molar-refractivity contribution in [1.29, 1.82) is 0 Å². The van der Waals surface area contributed by atoms with Crippen LogP contribution in [0, 0.1) is 0 Å². The Labute approximate surface area is 128 Å². The average molecular weight is 302 g/mol. The number of thiophene rings is 1. The Hall–Kier alpha value is -1.88. The van der Waals surface area contributed by atoms with E-state index in [1.165, 1.54) is 10.4 Å². The first-order chi connectivity index (χ1) is 10.2. The molecular weight excluding hydrogens is 284 g/mol. The number of pyridine rings is 1. The van der Waals surface area contributed by atoms with Crippen molar-refractivity contribution in [2.45, 2.75) is 26.3 Å². The molecule has 21 heavy (non-hydrogen) atoms. The van der Waals surface area contributed by atoms with E-state index < -0.39 is 0 Å². The second-order valence-electron chi connectivity index (χ2n) is 5.04. The molecule has 3 rings (SSSR count). The molecule has 0 aliphatic carbocycles. The van der Waals surface area contributed by atoms with E-state index in [9.17, 15) is 4.79 Å². The predicted molar refractivity (Wildman–Crippen MR) is 84.0 cm³/mol. The highest BCUT2D eigenvalue weighted by molar-refractivity contribution is 7.10. The Balaban J connectivity index is 1.80. The zero-order valence-corrected chi connectivity index (χ0v) is 13.0. The summed E-state index contributed by atoms with van der Waals surface area (Å²) in [6.07, 6.45) is 2.65. The van der Waals surface area contributed by atoms with Gasteiger partial charge >= 0.3 is 5.97 Å². The lowest BCUT2D eigenvalue weighted by atomic mass is 10.0. The summed E-state index contributed by atoms with van der Waals surface area (Å²) in [6, 6.07) is 6.21. The second-order valence-corrected chi connectivity index (χ2v) is 6.04. The molecule has 0 spiro atoms. The standard InChI is InChI=1S/C16H18N2O2S/c1-3-20-16(19)12-4-5-15(17-10-12)18-8-6-14-13(11(18)2)7-9-21-14/h4-5,7,9-11H,3,6,8H2,1-2H3. The third kappa shape index (κ3) is 2.65. The average Bonchev–Trinajstić information content (AvgIpc) is 2.98. The van der Waals surface area contributed by atoms with E-state index in [1.54, 1.807) is 19.2 Å². The van der Waals surface area contributed by atoms with E-state index in [-0.39, 0.29) is 5.97 Å². The topological polar surface area (TPSA) is 42.4 Å². The number of ether oxygens (including phenoxy) is 1. The van der Waals surface area contributed by atoms with E-state index in [2.05, 4.69) is 28.3 Å². The summed E-state index contributed by atoms with van der Waals surface area (Å²) < 4.78 is 4.98. The molecule has 2 aromatic heterocycles. The largest absolute Gasteiger partial charge is 0.462 e. The number of aromatic nitrogens is 1. The van der Waals surface area contributed by atoms with Gasteiger partial charge in [0, 0.05) is 17.6 Å². The molecule has 5 heteroatoms. The quantitative estimate of drug-likeness (QED) is 0.815. The number of esters is 1. The van der Waals surface area contributed by atoms with Crippen LogP contribution in [0.15, 0.2) is 29.8 Å². The molecule has 1 aliphatic rings. The number of carbonyl (C=O) groups is 1. The van der Waals surface area contributed by atoms with Gasteiger partial charge in [-0.3, -0.25) is 0 Å². The summed E-state index contributed by atoms with van der Waals surface area (Å²) >= 11 is 1.83. The van der Waals surface area contributed by atoms with Crippen molar-refractivity contribution in [2.75, 3.05) is 18.1 Å². The molecule has 1 atom stereocenters. The van der Waals surface area contributed by atoms with Gasteiger partial charge in [-0.25, -0.2) is 9.78 Å². The number of carbonyl (C=O) groups excluding carboxylic acids is 1. The maximum atomic E-state index is 11.7. The van der Waals surface area contributed by atoms with E-state index in [0.717, 1.165) is 18.8 Å².